The van der Waals surface area contributed by atoms with Crippen LogP contribution in [0.4, 0.5) is 0 Å². The molecule has 0 aliphatic heterocycles. The highest BCUT2D eigenvalue weighted by Crippen LogP contribution is 2.41. The highest BCUT2D eigenvalue weighted by Gasteiger charge is 2.29. The van der Waals surface area contributed by atoms with Gasteiger partial charge in [-0.15, -0.1) is 11.3 Å². The minimum absolute atomic E-state index is 1.05. The van der Waals surface area contributed by atoms with E-state index in [4.69, 9.17) is 4.98 Å². The van der Waals surface area contributed by atoms with E-state index >= 15 is 0 Å². The van der Waals surface area contributed by atoms with Crippen LogP contribution < -0.4 is 4.57 Å². The molecule has 6 rings (SSSR count). The van der Waals surface area contributed by atoms with Gasteiger partial charge in [-0.05, 0) is 67.8 Å². The van der Waals surface area contributed by atoms with Crippen molar-refractivity contribution in [2.45, 2.75) is 20.8 Å². The smallest absolute Gasteiger partial charge is 0.236 e. The highest BCUT2D eigenvalue weighted by atomic mass is 32.1. The first-order valence-corrected chi connectivity index (χ1v) is 12.4. The lowest BCUT2D eigenvalue weighted by atomic mass is 10.0. The summed E-state index contributed by atoms with van der Waals surface area (Å²) >= 11 is 1.80. The molecule has 2 aromatic heterocycles. The summed E-state index contributed by atoms with van der Waals surface area (Å²) < 4.78 is 5.94. The third-order valence-electron chi connectivity index (χ3n) is 6.71. The number of aryl methyl sites for hydroxylation is 4. The SMILES string of the molecule is Cc1cccc(C)c1-c1nc2ccc(C)c(-c3n(-c4ccccc4)c4ccccc4[n+]3C)c2s1. The van der Waals surface area contributed by atoms with Gasteiger partial charge in [-0.3, -0.25) is 0 Å². The quantitative estimate of drug-likeness (QED) is 0.254. The number of thiazole rings is 1. The van der Waals surface area contributed by atoms with E-state index in [9.17, 15) is 0 Å². The van der Waals surface area contributed by atoms with Gasteiger partial charge in [0.2, 0.25) is 0 Å². The van der Waals surface area contributed by atoms with Crippen LogP contribution in [0.25, 0.3) is 48.9 Å². The van der Waals surface area contributed by atoms with Gasteiger partial charge in [0.25, 0.3) is 5.82 Å². The number of nitrogens with zero attached hydrogens (tertiary/aromatic N) is 3. The minimum atomic E-state index is 1.05. The second-order valence-electron chi connectivity index (χ2n) is 8.93. The number of para-hydroxylation sites is 3. The molecule has 0 saturated carbocycles. The van der Waals surface area contributed by atoms with Crippen LogP contribution in [0.15, 0.2) is 84.9 Å². The van der Waals surface area contributed by atoms with Gasteiger partial charge in [-0.2, -0.15) is 4.57 Å². The molecule has 0 N–H and O–H groups in total. The summed E-state index contributed by atoms with van der Waals surface area (Å²) in [5, 5.41) is 1.09. The third-order valence-corrected chi connectivity index (χ3v) is 7.82. The molecule has 4 aromatic carbocycles. The van der Waals surface area contributed by atoms with Gasteiger partial charge in [0.15, 0.2) is 11.0 Å². The van der Waals surface area contributed by atoms with Crippen LogP contribution >= 0.6 is 11.3 Å². The number of rotatable bonds is 3. The second kappa shape index (κ2) is 7.93. The van der Waals surface area contributed by atoms with Crippen molar-refractivity contribution in [2.24, 2.45) is 7.05 Å². The van der Waals surface area contributed by atoms with Crippen LogP contribution in [0.2, 0.25) is 0 Å². The van der Waals surface area contributed by atoms with Crippen molar-refractivity contribution in [3.05, 3.63) is 102 Å². The largest absolute Gasteiger partial charge is 0.296 e. The van der Waals surface area contributed by atoms with Gasteiger partial charge in [-0.1, -0.05) is 54.6 Å². The molecular formula is C30H26N3S+. The number of hydrogen-bond donors (Lipinski definition) is 0. The summed E-state index contributed by atoms with van der Waals surface area (Å²) in [6, 6.07) is 30.1. The Labute approximate surface area is 203 Å². The molecular weight excluding hydrogens is 434 g/mol. The van der Waals surface area contributed by atoms with Gasteiger partial charge >= 0.3 is 0 Å². The zero-order chi connectivity index (χ0) is 23.4. The molecule has 0 unspecified atom stereocenters. The Morgan fingerprint density at radius 2 is 1.38 bits per heavy atom. The van der Waals surface area contributed by atoms with Gasteiger partial charge < -0.3 is 0 Å². The molecule has 166 valence electrons. The van der Waals surface area contributed by atoms with E-state index < -0.39 is 0 Å². The van der Waals surface area contributed by atoms with Crippen molar-refractivity contribution < 1.29 is 4.57 Å². The fraction of sp³-hybridized carbons (Fsp3) is 0.133. The second-order valence-corrected chi connectivity index (χ2v) is 9.93. The summed E-state index contributed by atoms with van der Waals surface area (Å²) in [5.41, 5.74) is 10.9. The number of hydrogen-bond acceptors (Lipinski definition) is 2. The molecule has 4 heteroatoms. The van der Waals surface area contributed by atoms with Crippen molar-refractivity contribution in [2.75, 3.05) is 0 Å². The maximum atomic E-state index is 5.12. The Bertz CT molecular complexity index is 1670. The van der Waals surface area contributed by atoms with Crippen LogP contribution in [0.5, 0.6) is 0 Å². The van der Waals surface area contributed by atoms with E-state index in [0.717, 1.165) is 16.2 Å². The predicted octanol–water partition coefficient (Wildman–Crippen LogP) is 7.32. The molecule has 0 radical (unpaired) electrons. The average molecular weight is 461 g/mol. The highest BCUT2D eigenvalue weighted by molar-refractivity contribution is 7.22. The van der Waals surface area contributed by atoms with E-state index in [0.29, 0.717) is 0 Å². The molecule has 6 aromatic rings. The fourth-order valence-electron chi connectivity index (χ4n) is 5.06. The van der Waals surface area contributed by atoms with Gasteiger partial charge in [0.1, 0.15) is 10.7 Å². The lowest BCUT2D eigenvalue weighted by Gasteiger charge is -2.07. The van der Waals surface area contributed by atoms with Crippen LogP contribution in [0.1, 0.15) is 16.7 Å². The topological polar surface area (TPSA) is 21.7 Å². The van der Waals surface area contributed by atoms with E-state index in [1.54, 1.807) is 11.3 Å². The number of aromatic nitrogens is 3. The van der Waals surface area contributed by atoms with Gasteiger partial charge in [-0.25, -0.2) is 9.55 Å². The molecule has 0 aliphatic carbocycles. The zero-order valence-corrected chi connectivity index (χ0v) is 20.6. The van der Waals surface area contributed by atoms with Crippen LogP contribution in [0, 0.1) is 20.8 Å². The molecule has 0 saturated heterocycles. The van der Waals surface area contributed by atoms with Crippen LogP contribution in [-0.2, 0) is 7.05 Å². The normalized spacial score (nSPS) is 11.5. The Hall–Kier alpha value is -3.76. The molecule has 0 atom stereocenters. The molecule has 0 bridgehead atoms. The first-order valence-electron chi connectivity index (χ1n) is 11.6. The maximum absolute atomic E-state index is 5.12. The Morgan fingerprint density at radius 1 is 0.706 bits per heavy atom. The summed E-state index contributed by atoms with van der Waals surface area (Å²) in [5.74, 6) is 1.17. The van der Waals surface area contributed by atoms with Crippen molar-refractivity contribution in [1.82, 2.24) is 9.55 Å². The predicted molar refractivity (Wildman–Crippen MR) is 143 cm³/mol. The van der Waals surface area contributed by atoms with E-state index in [1.807, 2.05) is 0 Å². The maximum Gasteiger partial charge on any atom is 0.296 e. The summed E-state index contributed by atoms with van der Waals surface area (Å²) in [7, 11) is 2.17. The third kappa shape index (κ3) is 3.10. The van der Waals surface area contributed by atoms with Crippen molar-refractivity contribution in [1.29, 1.82) is 0 Å². The first kappa shape index (κ1) is 20.8. The molecule has 34 heavy (non-hydrogen) atoms. The van der Waals surface area contributed by atoms with Gasteiger partial charge in [0, 0.05) is 5.56 Å². The summed E-state index contributed by atoms with van der Waals surface area (Å²) in [6.45, 7) is 6.56. The molecule has 0 fully saturated rings. The minimum Gasteiger partial charge on any atom is -0.236 e. The van der Waals surface area contributed by atoms with Crippen LogP contribution in [0.3, 0.4) is 0 Å². The summed E-state index contributed by atoms with van der Waals surface area (Å²) in [4.78, 5) is 5.12. The average Bonchev–Trinajstić information content (AvgIpc) is 3.39. The lowest BCUT2D eigenvalue weighted by Crippen LogP contribution is -2.30. The van der Waals surface area contributed by atoms with Crippen molar-refractivity contribution >= 4 is 32.6 Å². The number of fused-ring (bicyclic) bond motifs is 2. The molecule has 0 aliphatic rings. The van der Waals surface area contributed by atoms with Gasteiger partial charge in [0.05, 0.1) is 22.8 Å². The van der Waals surface area contributed by atoms with Crippen molar-refractivity contribution in [3.8, 4) is 27.6 Å². The van der Waals surface area contributed by atoms with Crippen molar-refractivity contribution in [3.63, 3.8) is 0 Å². The number of imidazole rings is 1. The summed E-state index contributed by atoms with van der Waals surface area (Å²) in [6.07, 6.45) is 0. The van der Waals surface area contributed by atoms with Crippen LogP contribution in [-0.4, -0.2) is 9.55 Å². The number of benzene rings is 4. The molecule has 0 spiro atoms. The molecule has 3 nitrogen and oxygen atoms in total. The van der Waals surface area contributed by atoms with E-state index in [2.05, 4.69) is 122 Å². The zero-order valence-electron chi connectivity index (χ0n) is 19.8. The fourth-order valence-corrected chi connectivity index (χ4v) is 6.39. The Balaban J connectivity index is 1.72. The Kier molecular flexibility index (Phi) is 4.85. The standard InChI is InChI=1S/C30H26N3S/c1-19-11-10-12-20(2)26(19)29-31-23-18-17-21(3)27(28(23)34-29)30-32(4)24-15-8-9-16-25(24)33(30)22-13-6-5-7-14-22/h5-18H,1-4H3/q+1. The first-order chi connectivity index (χ1) is 16.5. The van der Waals surface area contributed by atoms with E-state index in [-0.39, 0.29) is 0 Å². The lowest BCUT2D eigenvalue weighted by molar-refractivity contribution is -0.633. The Morgan fingerprint density at radius 3 is 2.15 bits per heavy atom. The van der Waals surface area contributed by atoms with E-state index in [1.165, 1.54) is 49.4 Å². The molecule has 2 heterocycles. The monoisotopic (exact) mass is 460 g/mol. The molecule has 0 amide bonds.